The van der Waals surface area contributed by atoms with Gasteiger partial charge in [0.25, 0.3) is 15.9 Å². The number of amides is 1. The molecule has 1 spiro atoms. The number of aromatic nitrogens is 1. The topological polar surface area (TPSA) is 92.5 Å². The van der Waals surface area contributed by atoms with Crippen molar-refractivity contribution in [2.75, 3.05) is 13.1 Å². The van der Waals surface area contributed by atoms with Crippen LogP contribution in [0.5, 0.6) is 0 Å². The highest BCUT2D eigenvalue weighted by Gasteiger charge is 2.54. The highest BCUT2D eigenvalue weighted by Crippen LogP contribution is 2.62. The van der Waals surface area contributed by atoms with Gasteiger partial charge in [0.2, 0.25) is 5.09 Å². The maximum Gasteiger partial charge on any atom is 0.287 e. The molecule has 168 valence electrons. The van der Waals surface area contributed by atoms with Gasteiger partial charge in [0.15, 0.2) is 5.76 Å². The molecule has 0 radical (unpaired) electrons. The number of thiazole rings is 1. The normalized spacial score (nSPS) is 27.7. The van der Waals surface area contributed by atoms with Crippen LogP contribution >= 0.6 is 11.3 Å². The van der Waals surface area contributed by atoms with Gasteiger partial charge in [-0.15, -0.1) is 11.3 Å². The van der Waals surface area contributed by atoms with Crippen molar-refractivity contribution in [3.63, 3.8) is 0 Å². The van der Waals surface area contributed by atoms with Crippen LogP contribution in [-0.4, -0.2) is 42.7 Å². The van der Waals surface area contributed by atoms with E-state index in [-0.39, 0.29) is 22.8 Å². The van der Waals surface area contributed by atoms with Crippen molar-refractivity contribution in [1.29, 1.82) is 0 Å². The summed E-state index contributed by atoms with van der Waals surface area (Å²) in [5.74, 6) is 0.234. The third-order valence-corrected chi connectivity index (χ3v) is 10.1. The summed E-state index contributed by atoms with van der Waals surface area (Å²) in [5.41, 5.74) is 2.64. The first-order valence-electron chi connectivity index (χ1n) is 11.1. The van der Waals surface area contributed by atoms with E-state index in [9.17, 15) is 13.2 Å². The molecular formula is C23H25N3O4S2. The predicted octanol–water partition coefficient (Wildman–Crippen LogP) is 4.05. The number of fused-ring (bicyclic) bond motifs is 1. The standard InChI is InChI=1S/C23H25N3O4S2/c1-14-3-5-19-17(9-14)25-22(31-19)15-10-23(11-15)12-16(13-23)24-21(27)18-4-6-20(30-18)32(28,29)26-7-2-8-26/h3-6,9,15-16H,2,7-8,10-13H2,1H3,(H,24,27). The van der Waals surface area contributed by atoms with Crippen molar-refractivity contribution in [1.82, 2.24) is 14.6 Å². The molecule has 0 unspecified atom stereocenters. The fourth-order valence-electron chi connectivity index (χ4n) is 5.30. The number of aryl methyl sites for hydroxylation is 1. The molecule has 1 aromatic carbocycles. The molecule has 3 fully saturated rings. The van der Waals surface area contributed by atoms with Gasteiger partial charge in [0, 0.05) is 25.0 Å². The predicted molar refractivity (Wildman–Crippen MR) is 121 cm³/mol. The molecule has 0 atom stereocenters. The summed E-state index contributed by atoms with van der Waals surface area (Å²) in [6.07, 6.45) is 5.02. The number of nitrogens with zero attached hydrogens (tertiary/aromatic N) is 2. The van der Waals surface area contributed by atoms with E-state index in [4.69, 9.17) is 9.40 Å². The maximum absolute atomic E-state index is 12.5. The highest BCUT2D eigenvalue weighted by atomic mass is 32.2. The average molecular weight is 472 g/mol. The molecule has 1 amide bonds. The van der Waals surface area contributed by atoms with Crippen LogP contribution in [0.25, 0.3) is 10.2 Å². The minimum absolute atomic E-state index is 0.0568. The van der Waals surface area contributed by atoms with E-state index in [0.29, 0.717) is 24.4 Å². The Hall–Kier alpha value is -2.23. The van der Waals surface area contributed by atoms with Crippen LogP contribution in [-0.2, 0) is 10.0 Å². The lowest BCUT2D eigenvalue weighted by molar-refractivity contribution is -0.0190. The van der Waals surface area contributed by atoms with Gasteiger partial charge in [0.05, 0.1) is 15.2 Å². The van der Waals surface area contributed by atoms with E-state index in [2.05, 4.69) is 30.4 Å². The van der Waals surface area contributed by atoms with Gasteiger partial charge >= 0.3 is 0 Å². The lowest BCUT2D eigenvalue weighted by atomic mass is 9.50. The zero-order valence-electron chi connectivity index (χ0n) is 17.8. The number of sulfonamides is 1. The first-order chi connectivity index (χ1) is 15.3. The zero-order chi connectivity index (χ0) is 22.1. The SMILES string of the molecule is Cc1ccc2sc(C3CC4(CC(NC(=O)c5ccc(S(=O)(=O)N6CCC6)o5)C4)C3)nc2c1. The zero-order valence-corrected chi connectivity index (χ0v) is 19.5. The molecule has 3 heterocycles. The maximum atomic E-state index is 12.5. The Morgan fingerprint density at radius 2 is 1.97 bits per heavy atom. The van der Waals surface area contributed by atoms with Crippen molar-refractivity contribution < 1.29 is 17.6 Å². The summed E-state index contributed by atoms with van der Waals surface area (Å²) in [6, 6.07) is 9.37. The summed E-state index contributed by atoms with van der Waals surface area (Å²) >= 11 is 1.80. The summed E-state index contributed by atoms with van der Waals surface area (Å²) in [5, 5.41) is 4.09. The molecule has 3 aromatic rings. The number of rotatable bonds is 5. The highest BCUT2D eigenvalue weighted by molar-refractivity contribution is 7.89. The van der Waals surface area contributed by atoms with Gasteiger partial charge in [-0.3, -0.25) is 4.79 Å². The van der Waals surface area contributed by atoms with Crippen LogP contribution < -0.4 is 5.32 Å². The summed E-state index contributed by atoms with van der Waals surface area (Å²) < 4.78 is 32.8. The number of furan rings is 1. The number of carbonyl (C=O) groups is 1. The van der Waals surface area contributed by atoms with Crippen LogP contribution in [0, 0.1) is 12.3 Å². The van der Waals surface area contributed by atoms with Crippen LogP contribution in [0.2, 0.25) is 0 Å². The molecular weight excluding hydrogens is 446 g/mol. The molecule has 3 aliphatic rings. The Bertz CT molecular complexity index is 1310. The number of hydrogen-bond acceptors (Lipinski definition) is 6. The first-order valence-corrected chi connectivity index (χ1v) is 13.4. The fourth-order valence-corrected chi connectivity index (χ4v) is 7.78. The Labute approximate surface area is 190 Å². The van der Waals surface area contributed by atoms with Crippen molar-refractivity contribution in [2.45, 2.75) is 56.1 Å². The second-order valence-electron chi connectivity index (χ2n) is 9.58. The molecule has 1 aliphatic heterocycles. The Balaban J connectivity index is 1.04. The largest absolute Gasteiger partial charge is 0.438 e. The Morgan fingerprint density at radius 3 is 2.69 bits per heavy atom. The van der Waals surface area contributed by atoms with E-state index >= 15 is 0 Å². The number of benzene rings is 1. The van der Waals surface area contributed by atoms with Crippen LogP contribution in [0.1, 0.15) is 59.1 Å². The average Bonchev–Trinajstić information content (AvgIpc) is 3.27. The van der Waals surface area contributed by atoms with Gasteiger partial charge in [-0.25, -0.2) is 13.4 Å². The van der Waals surface area contributed by atoms with Gasteiger partial charge < -0.3 is 9.73 Å². The van der Waals surface area contributed by atoms with E-state index in [0.717, 1.165) is 37.6 Å². The quantitative estimate of drug-likeness (QED) is 0.606. The van der Waals surface area contributed by atoms with Crippen LogP contribution in [0.3, 0.4) is 0 Å². The van der Waals surface area contributed by atoms with Crippen LogP contribution in [0.4, 0.5) is 0 Å². The van der Waals surface area contributed by atoms with Crippen molar-refractivity contribution >= 4 is 37.5 Å². The molecule has 2 saturated carbocycles. The summed E-state index contributed by atoms with van der Waals surface area (Å²) in [4.78, 5) is 17.4. The number of nitrogens with one attached hydrogen (secondary N) is 1. The second-order valence-corrected chi connectivity index (χ2v) is 12.5. The first kappa shape index (κ1) is 20.4. The molecule has 32 heavy (non-hydrogen) atoms. The van der Waals surface area contributed by atoms with E-state index in [1.165, 1.54) is 31.7 Å². The lowest BCUT2D eigenvalue weighted by Gasteiger charge is -2.57. The van der Waals surface area contributed by atoms with E-state index < -0.39 is 10.0 Å². The molecule has 7 nitrogen and oxygen atoms in total. The summed E-state index contributed by atoms with van der Waals surface area (Å²) in [6.45, 7) is 3.10. The minimum Gasteiger partial charge on any atom is -0.438 e. The number of hydrogen-bond donors (Lipinski definition) is 1. The van der Waals surface area contributed by atoms with Crippen molar-refractivity contribution in [3.05, 3.63) is 46.7 Å². The smallest absolute Gasteiger partial charge is 0.287 e. The molecule has 6 rings (SSSR count). The van der Waals surface area contributed by atoms with Crippen molar-refractivity contribution in [3.8, 4) is 0 Å². The summed E-state index contributed by atoms with van der Waals surface area (Å²) in [7, 11) is -3.61. The monoisotopic (exact) mass is 471 g/mol. The van der Waals surface area contributed by atoms with Gasteiger partial charge in [-0.2, -0.15) is 4.31 Å². The molecule has 2 aliphatic carbocycles. The Kier molecular flexibility index (Phi) is 4.54. The van der Waals surface area contributed by atoms with Gasteiger partial charge in [-0.05, 0) is 74.3 Å². The van der Waals surface area contributed by atoms with Gasteiger partial charge in [-0.1, -0.05) is 6.07 Å². The van der Waals surface area contributed by atoms with Crippen molar-refractivity contribution in [2.24, 2.45) is 5.41 Å². The molecule has 1 saturated heterocycles. The molecule has 0 bridgehead atoms. The third-order valence-electron chi connectivity index (χ3n) is 7.18. The molecule has 1 N–H and O–H groups in total. The number of carbonyl (C=O) groups excluding carboxylic acids is 1. The van der Waals surface area contributed by atoms with E-state index in [1.807, 2.05) is 0 Å². The third kappa shape index (κ3) is 3.29. The molecule has 2 aromatic heterocycles. The molecule has 9 heteroatoms. The van der Waals surface area contributed by atoms with E-state index in [1.54, 1.807) is 11.3 Å². The fraction of sp³-hybridized carbons (Fsp3) is 0.478. The second kappa shape index (κ2) is 7.13. The Morgan fingerprint density at radius 1 is 1.19 bits per heavy atom. The van der Waals surface area contributed by atoms with Crippen LogP contribution in [0.15, 0.2) is 39.8 Å². The van der Waals surface area contributed by atoms with Gasteiger partial charge in [0.1, 0.15) is 0 Å². The lowest BCUT2D eigenvalue weighted by Crippen LogP contribution is -2.55. The minimum atomic E-state index is -3.61.